The molecule has 2 nitrogen and oxygen atoms in total. The van der Waals surface area contributed by atoms with Crippen molar-refractivity contribution in [2.24, 2.45) is 0 Å². The second-order valence-electron chi connectivity index (χ2n) is 5.67. The van der Waals surface area contributed by atoms with E-state index < -0.39 is 0 Å². The molecule has 0 aliphatic carbocycles. The van der Waals surface area contributed by atoms with E-state index in [1.165, 1.54) is 0 Å². The Hall–Kier alpha value is -3.26. The van der Waals surface area contributed by atoms with Gasteiger partial charge in [-0.3, -0.25) is 0 Å². The molecule has 1 N–H and O–H groups in total. The molecule has 0 spiro atoms. The lowest BCUT2D eigenvalue weighted by molar-refractivity contribution is 0.307. The Labute approximate surface area is 148 Å². The molecular formula is C23H20O2. The van der Waals surface area contributed by atoms with Gasteiger partial charge in [-0.15, -0.1) is 0 Å². The van der Waals surface area contributed by atoms with E-state index in [4.69, 9.17) is 4.74 Å². The predicted molar refractivity (Wildman–Crippen MR) is 104 cm³/mol. The number of phenols is 1. The summed E-state index contributed by atoms with van der Waals surface area (Å²) in [6.07, 6.45) is 3.63. The normalized spacial score (nSPS) is 10.2. The Morgan fingerprint density at radius 3 is 2.20 bits per heavy atom. The van der Waals surface area contributed by atoms with Gasteiger partial charge in [0.2, 0.25) is 0 Å². The van der Waals surface area contributed by atoms with Crippen LogP contribution in [0.5, 0.6) is 11.5 Å². The van der Waals surface area contributed by atoms with Crippen molar-refractivity contribution in [2.75, 3.05) is 0 Å². The van der Waals surface area contributed by atoms with E-state index in [0.29, 0.717) is 6.61 Å². The van der Waals surface area contributed by atoms with Crippen molar-refractivity contribution in [3.05, 3.63) is 96.6 Å². The first kappa shape index (κ1) is 16.6. The van der Waals surface area contributed by atoms with Crippen LogP contribution in [0.1, 0.15) is 16.7 Å². The van der Waals surface area contributed by atoms with Gasteiger partial charge in [0, 0.05) is 11.1 Å². The van der Waals surface area contributed by atoms with Crippen LogP contribution in [0.25, 0.3) is 23.3 Å². The molecule has 3 rings (SSSR count). The zero-order valence-electron chi connectivity index (χ0n) is 14.0. The highest BCUT2D eigenvalue weighted by atomic mass is 16.5. The molecule has 0 saturated heterocycles. The van der Waals surface area contributed by atoms with Crippen LogP contribution in [0.2, 0.25) is 0 Å². The van der Waals surface area contributed by atoms with Gasteiger partial charge in [-0.05, 0) is 34.9 Å². The third-order valence-electron chi connectivity index (χ3n) is 4.07. The molecule has 0 radical (unpaired) electrons. The summed E-state index contributed by atoms with van der Waals surface area (Å²) in [5.41, 5.74) is 4.75. The minimum absolute atomic E-state index is 0.239. The zero-order valence-corrected chi connectivity index (χ0v) is 14.0. The van der Waals surface area contributed by atoms with Crippen molar-refractivity contribution in [3.8, 4) is 22.6 Å². The van der Waals surface area contributed by atoms with Gasteiger partial charge in [0.1, 0.15) is 18.1 Å². The maximum Gasteiger partial charge on any atom is 0.127 e. The summed E-state index contributed by atoms with van der Waals surface area (Å²) >= 11 is 0. The molecule has 0 amide bonds. The monoisotopic (exact) mass is 328 g/mol. The molecule has 0 fully saturated rings. The molecule has 3 aromatic rings. The molecule has 0 unspecified atom stereocenters. The van der Waals surface area contributed by atoms with Crippen LogP contribution in [0.4, 0.5) is 0 Å². The van der Waals surface area contributed by atoms with Gasteiger partial charge < -0.3 is 9.84 Å². The zero-order chi connectivity index (χ0) is 17.6. The largest absolute Gasteiger partial charge is 0.507 e. The lowest BCUT2D eigenvalue weighted by Gasteiger charge is -2.13. The minimum atomic E-state index is 0.239. The Kier molecular flexibility index (Phi) is 5.00. The molecule has 0 heterocycles. The van der Waals surface area contributed by atoms with E-state index in [1.54, 1.807) is 12.1 Å². The second-order valence-corrected chi connectivity index (χ2v) is 5.67. The van der Waals surface area contributed by atoms with Gasteiger partial charge in [0.15, 0.2) is 0 Å². The number of para-hydroxylation sites is 2. The van der Waals surface area contributed by atoms with Crippen molar-refractivity contribution in [1.82, 2.24) is 0 Å². The smallest absolute Gasteiger partial charge is 0.127 e. The summed E-state index contributed by atoms with van der Waals surface area (Å²) in [4.78, 5) is 0. The molecule has 2 heteroatoms. The quantitative estimate of drug-likeness (QED) is 0.608. The number of aromatic hydroxyl groups is 1. The van der Waals surface area contributed by atoms with Crippen LogP contribution in [0.15, 0.2) is 79.9 Å². The summed E-state index contributed by atoms with van der Waals surface area (Å²) in [5.74, 6) is 0.972. The molecule has 0 atom stereocenters. The second kappa shape index (κ2) is 7.54. The molecule has 25 heavy (non-hydrogen) atoms. The predicted octanol–water partition coefficient (Wildman–Crippen LogP) is 5.92. The van der Waals surface area contributed by atoms with Crippen molar-refractivity contribution >= 4 is 12.2 Å². The van der Waals surface area contributed by atoms with Gasteiger partial charge in [0.05, 0.1) is 0 Å². The third kappa shape index (κ3) is 3.64. The van der Waals surface area contributed by atoms with E-state index >= 15 is 0 Å². The van der Waals surface area contributed by atoms with E-state index in [0.717, 1.165) is 33.6 Å². The first-order valence-corrected chi connectivity index (χ1v) is 8.11. The minimum Gasteiger partial charge on any atom is -0.507 e. The fraction of sp³-hybridized carbons (Fsp3) is 0.0435. The van der Waals surface area contributed by atoms with Gasteiger partial charge >= 0.3 is 0 Å². The molecular weight excluding hydrogens is 308 g/mol. The molecule has 124 valence electrons. The Bertz CT molecular complexity index is 909. The van der Waals surface area contributed by atoms with Crippen LogP contribution >= 0.6 is 0 Å². The third-order valence-corrected chi connectivity index (χ3v) is 4.07. The molecule has 0 aliphatic rings. The van der Waals surface area contributed by atoms with Crippen LogP contribution in [0.3, 0.4) is 0 Å². The highest BCUT2D eigenvalue weighted by Crippen LogP contribution is 2.35. The number of hydrogen-bond acceptors (Lipinski definition) is 2. The fourth-order valence-electron chi connectivity index (χ4n) is 2.75. The topological polar surface area (TPSA) is 29.5 Å². The van der Waals surface area contributed by atoms with Crippen molar-refractivity contribution in [2.45, 2.75) is 6.61 Å². The number of benzene rings is 3. The van der Waals surface area contributed by atoms with Crippen LogP contribution in [-0.4, -0.2) is 5.11 Å². The van der Waals surface area contributed by atoms with Gasteiger partial charge in [-0.25, -0.2) is 0 Å². The fourth-order valence-corrected chi connectivity index (χ4v) is 2.75. The molecule has 0 bridgehead atoms. The molecule has 0 aromatic heterocycles. The summed E-state index contributed by atoms with van der Waals surface area (Å²) in [6.45, 7) is 8.09. The Balaban J connectivity index is 1.87. The van der Waals surface area contributed by atoms with E-state index in [1.807, 2.05) is 66.7 Å². The number of rotatable bonds is 6. The van der Waals surface area contributed by atoms with Crippen LogP contribution in [0, 0.1) is 0 Å². The van der Waals surface area contributed by atoms with E-state index in [-0.39, 0.29) is 5.75 Å². The molecule has 3 aromatic carbocycles. The van der Waals surface area contributed by atoms with Crippen molar-refractivity contribution < 1.29 is 9.84 Å². The number of ether oxygens (including phenoxy) is 1. The summed E-state index contributed by atoms with van der Waals surface area (Å²) in [5, 5.41) is 10.1. The highest BCUT2D eigenvalue weighted by Gasteiger charge is 2.10. The molecule has 0 saturated carbocycles. The lowest BCUT2D eigenvalue weighted by Crippen LogP contribution is -1.98. The number of hydrogen-bond donors (Lipinski definition) is 1. The maximum atomic E-state index is 10.1. The number of phenolic OH excluding ortho intramolecular Hbond substituents is 1. The van der Waals surface area contributed by atoms with Gasteiger partial charge in [-0.1, -0.05) is 73.8 Å². The highest BCUT2D eigenvalue weighted by molar-refractivity contribution is 5.75. The SMILES string of the molecule is C=Cc1ccc(COc2ccccc2-c2ccccc2O)cc1C=C. The standard InChI is InChI=1S/C23H20O2/c1-3-18-14-13-17(15-19(18)4-2)16-25-23-12-8-6-10-21(23)20-9-5-7-11-22(20)24/h3-15,24H,1-2,16H2. The average Bonchev–Trinajstić information content (AvgIpc) is 2.67. The van der Waals surface area contributed by atoms with E-state index in [2.05, 4.69) is 13.2 Å². The Morgan fingerprint density at radius 2 is 1.48 bits per heavy atom. The summed E-state index contributed by atoms with van der Waals surface area (Å²) in [6, 6.07) is 21.1. The Morgan fingerprint density at radius 1 is 0.800 bits per heavy atom. The first-order valence-electron chi connectivity index (χ1n) is 8.11. The first-order chi connectivity index (χ1) is 12.2. The molecule has 0 aliphatic heterocycles. The van der Waals surface area contributed by atoms with Crippen LogP contribution < -0.4 is 4.74 Å². The van der Waals surface area contributed by atoms with Crippen molar-refractivity contribution in [1.29, 1.82) is 0 Å². The van der Waals surface area contributed by atoms with Crippen molar-refractivity contribution in [3.63, 3.8) is 0 Å². The van der Waals surface area contributed by atoms with E-state index in [9.17, 15) is 5.11 Å². The van der Waals surface area contributed by atoms with Gasteiger partial charge in [-0.2, -0.15) is 0 Å². The van der Waals surface area contributed by atoms with Crippen LogP contribution in [-0.2, 0) is 6.61 Å². The lowest BCUT2D eigenvalue weighted by atomic mass is 10.0. The average molecular weight is 328 g/mol. The summed E-state index contributed by atoms with van der Waals surface area (Å²) in [7, 11) is 0. The van der Waals surface area contributed by atoms with Gasteiger partial charge in [0.25, 0.3) is 0 Å². The summed E-state index contributed by atoms with van der Waals surface area (Å²) < 4.78 is 6.03. The maximum absolute atomic E-state index is 10.1.